The van der Waals surface area contributed by atoms with E-state index in [1.165, 1.54) is 25.7 Å². The highest BCUT2D eigenvalue weighted by molar-refractivity contribution is 5.08. The molecular formula is C13H21N3O. The van der Waals surface area contributed by atoms with Crippen LogP contribution in [-0.2, 0) is 6.54 Å². The second kappa shape index (κ2) is 5.96. The van der Waals surface area contributed by atoms with E-state index in [-0.39, 0.29) is 0 Å². The van der Waals surface area contributed by atoms with E-state index in [9.17, 15) is 0 Å². The molecule has 1 heterocycles. The van der Waals surface area contributed by atoms with Gasteiger partial charge in [-0.2, -0.15) is 0 Å². The molecule has 0 spiro atoms. The zero-order valence-corrected chi connectivity index (χ0v) is 10.4. The molecule has 0 amide bonds. The molecule has 0 saturated heterocycles. The van der Waals surface area contributed by atoms with Crippen molar-refractivity contribution in [1.29, 1.82) is 0 Å². The highest BCUT2D eigenvalue weighted by Gasteiger charge is 2.19. The number of hydrogen-bond acceptors (Lipinski definition) is 4. The molecule has 1 saturated carbocycles. The normalized spacial score (nSPS) is 24.6. The lowest BCUT2D eigenvalue weighted by Crippen LogP contribution is -2.20. The summed E-state index contributed by atoms with van der Waals surface area (Å²) in [7, 11) is 0. The molecule has 4 nitrogen and oxygen atoms in total. The Labute approximate surface area is 103 Å². The summed E-state index contributed by atoms with van der Waals surface area (Å²) in [6.45, 7) is 3.48. The number of aromatic nitrogens is 2. The summed E-state index contributed by atoms with van der Waals surface area (Å²) < 4.78 is 5.71. The van der Waals surface area contributed by atoms with Crippen molar-refractivity contribution < 1.29 is 4.74 Å². The van der Waals surface area contributed by atoms with Crippen LogP contribution in [0.25, 0.3) is 0 Å². The fourth-order valence-electron chi connectivity index (χ4n) is 2.47. The van der Waals surface area contributed by atoms with Crippen molar-refractivity contribution in [2.24, 2.45) is 17.6 Å². The molecule has 2 rings (SSSR count). The summed E-state index contributed by atoms with van der Waals surface area (Å²) in [4.78, 5) is 8.35. The Kier molecular flexibility index (Phi) is 4.31. The topological polar surface area (TPSA) is 61.0 Å². The average Bonchev–Trinajstić information content (AvgIpc) is 2.37. The van der Waals surface area contributed by atoms with Crippen molar-refractivity contribution in [1.82, 2.24) is 9.97 Å². The van der Waals surface area contributed by atoms with Gasteiger partial charge in [-0.25, -0.2) is 4.98 Å². The van der Waals surface area contributed by atoms with Crippen molar-refractivity contribution in [2.75, 3.05) is 6.61 Å². The zero-order chi connectivity index (χ0) is 12.1. The molecular weight excluding hydrogens is 214 g/mol. The van der Waals surface area contributed by atoms with Crippen LogP contribution in [0.2, 0.25) is 0 Å². The van der Waals surface area contributed by atoms with Crippen LogP contribution < -0.4 is 10.5 Å². The lowest BCUT2D eigenvalue weighted by atomic mass is 9.83. The largest absolute Gasteiger partial charge is 0.476 e. The van der Waals surface area contributed by atoms with Crippen LogP contribution >= 0.6 is 0 Å². The maximum atomic E-state index is 5.71. The molecule has 1 aliphatic rings. The molecule has 1 aliphatic carbocycles. The summed E-state index contributed by atoms with van der Waals surface area (Å²) in [5.41, 5.74) is 6.30. The van der Waals surface area contributed by atoms with Crippen LogP contribution in [0.3, 0.4) is 0 Å². The molecule has 0 aliphatic heterocycles. The molecule has 1 aromatic heterocycles. The molecule has 0 radical (unpaired) electrons. The number of ether oxygens (including phenoxy) is 1. The van der Waals surface area contributed by atoms with Gasteiger partial charge in [-0.1, -0.05) is 19.8 Å². The number of nitrogens with zero attached hydrogens (tertiary/aromatic N) is 2. The molecule has 94 valence electrons. The summed E-state index contributed by atoms with van der Waals surface area (Å²) in [6, 6.07) is 0. The molecule has 1 fully saturated rings. The van der Waals surface area contributed by atoms with Gasteiger partial charge in [-0.3, -0.25) is 4.98 Å². The van der Waals surface area contributed by atoms with E-state index in [4.69, 9.17) is 10.5 Å². The Hall–Kier alpha value is -1.16. The van der Waals surface area contributed by atoms with Crippen LogP contribution in [0.5, 0.6) is 5.88 Å². The third-order valence-corrected chi connectivity index (χ3v) is 3.38. The predicted octanol–water partition coefficient (Wildman–Crippen LogP) is 2.14. The number of nitrogens with two attached hydrogens (primary N) is 1. The SMILES string of the molecule is CC1CCCC(COc2cncc(CN)n2)C1. The van der Waals surface area contributed by atoms with Gasteiger partial charge >= 0.3 is 0 Å². The summed E-state index contributed by atoms with van der Waals surface area (Å²) in [6.07, 6.45) is 8.56. The minimum Gasteiger partial charge on any atom is -0.476 e. The Balaban J connectivity index is 1.84. The first-order chi connectivity index (χ1) is 8.28. The molecule has 2 atom stereocenters. The Morgan fingerprint density at radius 1 is 1.41 bits per heavy atom. The second-order valence-electron chi connectivity index (χ2n) is 5.00. The van der Waals surface area contributed by atoms with Gasteiger partial charge in [0.05, 0.1) is 18.5 Å². The molecule has 2 unspecified atom stereocenters. The monoisotopic (exact) mass is 235 g/mol. The minimum absolute atomic E-state index is 0.407. The van der Waals surface area contributed by atoms with E-state index < -0.39 is 0 Å². The first kappa shape index (κ1) is 12.3. The smallest absolute Gasteiger partial charge is 0.232 e. The molecule has 17 heavy (non-hydrogen) atoms. The standard InChI is InChI=1S/C13H21N3O/c1-10-3-2-4-11(5-10)9-17-13-8-15-7-12(6-14)16-13/h7-8,10-11H,2-6,9,14H2,1H3. The first-order valence-corrected chi connectivity index (χ1v) is 6.41. The van der Waals surface area contributed by atoms with Crippen LogP contribution in [0.1, 0.15) is 38.3 Å². The predicted molar refractivity (Wildman–Crippen MR) is 66.5 cm³/mol. The molecule has 2 N–H and O–H groups in total. The van der Waals surface area contributed by atoms with Crippen LogP contribution in [-0.4, -0.2) is 16.6 Å². The number of rotatable bonds is 4. The average molecular weight is 235 g/mol. The van der Waals surface area contributed by atoms with Crippen LogP contribution in [0, 0.1) is 11.8 Å². The third-order valence-electron chi connectivity index (χ3n) is 3.38. The van der Waals surface area contributed by atoms with E-state index in [1.807, 2.05) is 0 Å². The van der Waals surface area contributed by atoms with E-state index in [0.29, 0.717) is 18.3 Å². The lowest BCUT2D eigenvalue weighted by Gasteiger charge is -2.26. The van der Waals surface area contributed by atoms with Gasteiger partial charge < -0.3 is 10.5 Å². The summed E-state index contributed by atoms with van der Waals surface area (Å²) in [5.74, 6) is 2.10. The molecule has 0 bridgehead atoms. The molecule has 4 heteroatoms. The van der Waals surface area contributed by atoms with Gasteiger partial charge in [-0.15, -0.1) is 0 Å². The van der Waals surface area contributed by atoms with Gasteiger partial charge in [-0.05, 0) is 24.7 Å². The zero-order valence-electron chi connectivity index (χ0n) is 10.4. The van der Waals surface area contributed by atoms with E-state index in [2.05, 4.69) is 16.9 Å². The Bertz CT molecular complexity index is 356. The minimum atomic E-state index is 0.407. The van der Waals surface area contributed by atoms with Gasteiger partial charge in [0.2, 0.25) is 5.88 Å². The van der Waals surface area contributed by atoms with Crippen molar-refractivity contribution in [3.8, 4) is 5.88 Å². The first-order valence-electron chi connectivity index (χ1n) is 6.41. The highest BCUT2D eigenvalue weighted by Crippen LogP contribution is 2.28. The van der Waals surface area contributed by atoms with Gasteiger partial charge in [0.25, 0.3) is 0 Å². The van der Waals surface area contributed by atoms with E-state index in [1.54, 1.807) is 12.4 Å². The van der Waals surface area contributed by atoms with E-state index in [0.717, 1.165) is 18.2 Å². The van der Waals surface area contributed by atoms with Crippen molar-refractivity contribution >= 4 is 0 Å². The van der Waals surface area contributed by atoms with Crippen LogP contribution in [0.4, 0.5) is 0 Å². The van der Waals surface area contributed by atoms with E-state index >= 15 is 0 Å². The van der Waals surface area contributed by atoms with Gasteiger partial charge in [0.1, 0.15) is 0 Å². The second-order valence-corrected chi connectivity index (χ2v) is 5.00. The van der Waals surface area contributed by atoms with Crippen molar-refractivity contribution in [3.05, 3.63) is 18.1 Å². The lowest BCUT2D eigenvalue weighted by molar-refractivity contribution is 0.177. The molecule has 0 aromatic carbocycles. The molecule has 1 aromatic rings. The van der Waals surface area contributed by atoms with Crippen LogP contribution in [0.15, 0.2) is 12.4 Å². The fraction of sp³-hybridized carbons (Fsp3) is 0.692. The van der Waals surface area contributed by atoms with Crippen molar-refractivity contribution in [2.45, 2.75) is 39.2 Å². The van der Waals surface area contributed by atoms with Gasteiger partial charge in [0, 0.05) is 12.7 Å². The Morgan fingerprint density at radius 3 is 3.06 bits per heavy atom. The maximum Gasteiger partial charge on any atom is 0.232 e. The van der Waals surface area contributed by atoms with Crippen molar-refractivity contribution in [3.63, 3.8) is 0 Å². The third kappa shape index (κ3) is 3.66. The number of hydrogen-bond donors (Lipinski definition) is 1. The summed E-state index contributed by atoms with van der Waals surface area (Å²) in [5, 5.41) is 0. The summed E-state index contributed by atoms with van der Waals surface area (Å²) >= 11 is 0. The quantitative estimate of drug-likeness (QED) is 0.868. The fourth-order valence-corrected chi connectivity index (χ4v) is 2.47. The highest BCUT2D eigenvalue weighted by atomic mass is 16.5. The maximum absolute atomic E-state index is 5.71. The van der Waals surface area contributed by atoms with Gasteiger partial charge in [0.15, 0.2) is 0 Å². The Morgan fingerprint density at radius 2 is 2.29 bits per heavy atom.